The minimum absolute atomic E-state index is 0. The van der Waals surface area contributed by atoms with Crippen LogP contribution in [0.25, 0.3) is 0 Å². The number of carbonyl (C=O) groups is 1. The summed E-state index contributed by atoms with van der Waals surface area (Å²) in [6.07, 6.45) is -1.17. The van der Waals surface area contributed by atoms with Gasteiger partial charge in [-0.3, -0.25) is 0 Å². The first-order chi connectivity index (χ1) is 2.27. The van der Waals surface area contributed by atoms with Crippen molar-refractivity contribution in [3.63, 3.8) is 0 Å². The van der Waals surface area contributed by atoms with Gasteiger partial charge in [0.05, 0.1) is 0 Å². The van der Waals surface area contributed by atoms with E-state index in [1.165, 1.54) is 0 Å². The first-order valence-electron chi connectivity index (χ1n) is 0.836. The fourth-order valence-corrected chi connectivity index (χ4v) is 0. The van der Waals surface area contributed by atoms with Gasteiger partial charge in [-0.2, -0.15) is 0 Å². The third-order valence-corrected chi connectivity index (χ3v) is 0.814. The minimum Gasteiger partial charge on any atom is 0 e. The Morgan fingerprint density at radius 1 is 1.83 bits per heavy atom. The van der Waals surface area contributed by atoms with E-state index < -0.39 is 6.16 Å². The van der Waals surface area contributed by atoms with Crippen LogP contribution in [-0.4, -0.2) is 11.3 Å². The molecule has 31 valence electrons. The standard InChI is InChI=1S/CH2O3.Th.U/c2-1(3)4;;/h(H2,2,3,4);;/q;;+1/p-1. The fourth-order valence-electron chi connectivity index (χ4n) is 0. The van der Waals surface area contributed by atoms with Crippen LogP contribution in [0.15, 0.2) is 0 Å². The van der Waals surface area contributed by atoms with Crippen LogP contribution in [0.5, 0.6) is 0 Å². The third-order valence-electron chi connectivity index (χ3n) is 0.0873. The van der Waals surface area contributed by atoms with Gasteiger partial charge >= 0.3 is 48.2 Å². The van der Waals surface area contributed by atoms with E-state index >= 15 is 0 Å². The maximum Gasteiger partial charge on any atom is 0 e. The smallest absolute Gasteiger partial charge is 0 e. The third kappa shape index (κ3) is 9.17. The quantitative estimate of drug-likeness (QED) is 0.485. The largest absolute Gasteiger partial charge is 0 e. The zero-order valence-corrected chi connectivity index (χ0v) is 11.0. The van der Waals surface area contributed by atoms with E-state index in [-0.39, 0.29) is 69.9 Å². The molecule has 0 aliphatic heterocycles. The Morgan fingerprint density at radius 2 is 2.00 bits per heavy atom. The molecule has 5 heteroatoms. The molecule has 0 saturated heterocycles. The van der Waals surface area contributed by atoms with Crippen LogP contribution in [0.3, 0.4) is 0 Å². The first-order valence-corrected chi connectivity index (χ1v) is 2.54. The minimum atomic E-state index is -1.17. The molecule has 0 rings (SSSR count). The van der Waals surface area contributed by atoms with Crippen LogP contribution in [0.2, 0.25) is 0 Å². The summed E-state index contributed by atoms with van der Waals surface area (Å²) in [5, 5.41) is 7.54. The molecular formula is CHO3ThU. The number of hydrogen-bond acceptors (Lipinski definition) is 2. The molecule has 0 aliphatic carbocycles. The Balaban J connectivity index is 0. The van der Waals surface area contributed by atoms with Gasteiger partial charge in [0.15, 0.2) is 0 Å². The molecule has 0 bridgehead atoms. The van der Waals surface area contributed by atoms with Gasteiger partial charge in [0.25, 0.3) is 0 Å². The maximum absolute atomic E-state index is 9.19. The van der Waals surface area contributed by atoms with E-state index in [0.717, 1.165) is 0 Å². The average molecular weight is 531 g/mol. The Morgan fingerprint density at radius 3 is 2.00 bits per heavy atom. The van der Waals surface area contributed by atoms with Crippen molar-refractivity contribution in [2.24, 2.45) is 0 Å². The molecule has 0 atom stereocenters. The molecule has 0 amide bonds. The summed E-state index contributed by atoms with van der Waals surface area (Å²) in [4.78, 5) is 9.19. The molecule has 0 aliphatic rings. The molecule has 6 heavy (non-hydrogen) atoms. The second kappa shape index (κ2) is 6.65. The van der Waals surface area contributed by atoms with Gasteiger partial charge in [-0.1, -0.05) is 0 Å². The molecule has 0 fully saturated rings. The molecule has 3 nitrogen and oxygen atoms in total. The predicted octanol–water partition coefficient (Wildman–Crippen LogP) is 0.145. The monoisotopic (exact) mass is 531 g/mol. The fraction of sp³-hybridized carbons (Fsp3) is 0. The Bertz CT molecular complexity index is 46.1. The van der Waals surface area contributed by atoms with Gasteiger partial charge in [0, 0.05) is 39.9 Å². The molecular weight excluding hydrogens is 530 g/mol. The van der Waals surface area contributed by atoms with E-state index in [4.69, 9.17) is 5.11 Å². The van der Waals surface area contributed by atoms with E-state index in [9.17, 15) is 4.79 Å². The summed E-state index contributed by atoms with van der Waals surface area (Å²) in [6, 6.07) is 0. The van der Waals surface area contributed by atoms with E-state index in [1.807, 2.05) is 0 Å². The van der Waals surface area contributed by atoms with Crippen LogP contribution in [0.4, 0.5) is 4.79 Å². The first kappa shape index (κ1) is 10.6. The van der Waals surface area contributed by atoms with Crippen molar-refractivity contribution < 1.29 is 82.0 Å². The number of hydrogen-bond donors (Lipinski definition) is 1. The van der Waals surface area contributed by atoms with E-state index in [0.29, 0.717) is 0 Å². The predicted molar refractivity (Wildman–Crippen MR) is 9.11 cm³/mol. The molecule has 0 aromatic carbocycles. The Hall–Kier alpha value is 1.65. The summed E-state index contributed by atoms with van der Waals surface area (Å²) < 4.78 is 3.84. The molecule has 0 aromatic rings. The van der Waals surface area contributed by atoms with Crippen molar-refractivity contribution in [1.29, 1.82) is 0 Å². The zero-order chi connectivity index (χ0) is 4.28. The summed E-state index contributed by atoms with van der Waals surface area (Å²) in [5.74, 6) is 0. The second-order valence-electron chi connectivity index (χ2n) is 0.368. The second-order valence-corrected chi connectivity index (χ2v) is 1.22. The van der Waals surface area contributed by atoms with Crippen molar-refractivity contribution in [2.45, 2.75) is 0 Å². The molecule has 0 spiro atoms. The topological polar surface area (TPSA) is 46.5 Å². The zero-order valence-electron chi connectivity index (χ0n) is 2.76. The van der Waals surface area contributed by atoms with Crippen LogP contribution < -0.4 is 0 Å². The van der Waals surface area contributed by atoms with Crippen LogP contribution >= 0.6 is 0 Å². The summed E-state index contributed by atoms with van der Waals surface area (Å²) in [6.45, 7) is 0. The van der Waals surface area contributed by atoms with Crippen molar-refractivity contribution in [3.05, 3.63) is 0 Å². The van der Waals surface area contributed by atoms with Crippen LogP contribution in [0, 0.1) is 69.9 Å². The summed E-state index contributed by atoms with van der Waals surface area (Å²) in [5.41, 5.74) is 0. The molecule has 0 unspecified atom stereocenters. The average Bonchev–Trinajstić information content (AvgIpc) is 1.38. The molecule has 0 heterocycles. The van der Waals surface area contributed by atoms with Gasteiger partial charge in [-0.05, 0) is 0 Å². The van der Waals surface area contributed by atoms with Gasteiger partial charge in [-0.25, -0.2) is 0 Å². The molecule has 1 N–H and O–H groups in total. The van der Waals surface area contributed by atoms with Crippen LogP contribution in [0.1, 0.15) is 0 Å². The van der Waals surface area contributed by atoms with Crippen LogP contribution in [-0.2, 0) is 2.24 Å². The summed E-state index contributed by atoms with van der Waals surface area (Å²) in [7, 11) is 0. The number of carboxylic acid groups (broad SMARTS) is 1. The van der Waals surface area contributed by atoms with Crippen molar-refractivity contribution in [1.82, 2.24) is 0 Å². The maximum atomic E-state index is 9.19. The van der Waals surface area contributed by atoms with Gasteiger partial charge in [0.1, 0.15) is 0 Å². The molecule has 0 aromatic heterocycles. The van der Waals surface area contributed by atoms with Crippen molar-refractivity contribution in [2.75, 3.05) is 0 Å². The van der Waals surface area contributed by atoms with E-state index in [1.54, 1.807) is 0 Å². The number of rotatable bonds is 0. The Kier molecular flexibility index (Phi) is 11.7. The van der Waals surface area contributed by atoms with E-state index in [2.05, 4.69) is 2.24 Å². The normalized spacial score (nSPS) is 5.67. The Labute approximate surface area is 86.5 Å². The van der Waals surface area contributed by atoms with Gasteiger partial charge in [0.2, 0.25) is 0 Å². The SMILES string of the molecule is O=C(O)[O][U].[Th]. The molecule has 0 saturated carbocycles. The van der Waals surface area contributed by atoms with Gasteiger partial charge in [-0.15, -0.1) is 0 Å². The van der Waals surface area contributed by atoms with Gasteiger partial charge < -0.3 is 0 Å². The van der Waals surface area contributed by atoms with Crippen molar-refractivity contribution in [3.8, 4) is 0 Å². The molecule has 0 radical (unpaired) electrons. The summed E-state index contributed by atoms with van der Waals surface area (Å²) >= 11 is 0.0987. The van der Waals surface area contributed by atoms with Crippen molar-refractivity contribution >= 4 is 6.16 Å².